The molecule has 1 saturated heterocycles. The Hall–Kier alpha value is -2.30. The first kappa shape index (κ1) is 12.7. The summed E-state index contributed by atoms with van der Waals surface area (Å²) < 4.78 is 0. The highest BCUT2D eigenvalue weighted by molar-refractivity contribution is 5.97. The number of carbonyl (C=O) groups is 1. The summed E-state index contributed by atoms with van der Waals surface area (Å²) in [7, 11) is 0. The third kappa shape index (κ3) is 2.15. The number of rotatable bonds is 1. The van der Waals surface area contributed by atoms with Crippen LogP contribution in [0.25, 0.3) is 10.9 Å². The van der Waals surface area contributed by atoms with Gasteiger partial charge < -0.3 is 15.5 Å². The van der Waals surface area contributed by atoms with Gasteiger partial charge in [-0.25, -0.2) is 0 Å². The van der Waals surface area contributed by atoms with E-state index in [4.69, 9.17) is 5.73 Å². The number of hydrogen-bond acceptors (Lipinski definition) is 4. The zero-order valence-electron chi connectivity index (χ0n) is 11.5. The number of anilines is 2. The quantitative estimate of drug-likeness (QED) is 0.852. The summed E-state index contributed by atoms with van der Waals surface area (Å²) in [6.07, 6.45) is 1.72. The number of hydrogen-bond donors (Lipinski definition) is 1. The van der Waals surface area contributed by atoms with E-state index in [-0.39, 0.29) is 5.91 Å². The number of nitrogen functional groups attached to an aromatic ring is 1. The number of fused-ring (bicyclic) bond motifs is 1. The van der Waals surface area contributed by atoms with Crippen molar-refractivity contribution in [3.63, 3.8) is 0 Å². The van der Waals surface area contributed by atoms with Crippen LogP contribution in [0.2, 0.25) is 0 Å². The third-order valence-corrected chi connectivity index (χ3v) is 3.82. The smallest absolute Gasteiger partial charge is 0.219 e. The Morgan fingerprint density at radius 1 is 1.20 bits per heavy atom. The monoisotopic (exact) mass is 270 g/mol. The van der Waals surface area contributed by atoms with Crippen LogP contribution in [-0.4, -0.2) is 42.0 Å². The van der Waals surface area contributed by atoms with Crippen LogP contribution in [-0.2, 0) is 4.79 Å². The van der Waals surface area contributed by atoms with Gasteiger partial charge in [-0.1, -0.05) is 18.2 Å². The number of aromatic nitrogens is 1. The van der Waals surface area contributed by atoms with E-state index in [9.17, 15) is 4.79 Å². The number of nitrogens with zero attached hydrogens (tertiary/aromatic N) is 3. The minimum absolute atomic E-state index is 0.136. The van der Waals surface area contributed by atoms with Crippen LogP contribution in [0.15, 0.2) is 30.5 Å². The van der Waals surface area contributed by atoms with Crippen molar-refractivity contribution in [2.24, 2.45) is 0 Å². The Morgan fingerprint density at radius 3 is 2.60 bits per heavy atom. The minimum Gasteiger partial charge on any atom is -0.396 e. The highest BCUT2D eigenvalue weighted by Gasteiger charge is 2.21. The molecular weight excluding hydrogens is 252 g/mol. The molecule has 0 radical (unpaired) electrons. The minimum atomic E-state index is 0.136. The predicted octanol–water partition coefficient (Wildman–Crippen LogP) is 1.49. The average molecular weight is 270 g/mol. The lowest BCUT2D eigenvalue weighted by molar-refractivity contribution is -0.129. The Morgan fingerprint density at radius 2 is 1.90 bits per heavy atom. The van der Waals surface area contributed by atoms with E-state index < -0.39 is 0 Å². The average Bonchev–Trinajstić information content (AvgIpc) is 2.47. The van der Waals surface area contributed by atoms with Gasteiger partial charge in [0.2, 0.25) is 5.91 Å². The molecule has 104 valence electrons. The van der Waals surface area contributed by atoms with Crippen LogP contribution < -0.4 is 10.6 Å². The molecule has 1 amide bonds. The molecule has 2 N–H and O–H groups in total. The third-order valence-electron chi connectivity index (χ3n) is 3.82. The van der Waals surface area contributed by atoms with Crippen molar-refractivity contribution in [1.82, 2.24) is 9.88 Å². The van der Waals surface area contributed by atoms with Crippen LogP contribution in [0.5, 0.6) is 0 Å². The molecule has 1 fully saturated rings. The van der Waals surface area contributed by atoms with E-state index in [0.717, 1.165) is 42.8 Å². The van der Waals surface area contributed by atoms with Crippen molar-refractivity contribution in [1.29, 1.82) is 0 Å². The number of carbonyl (C=O) groups excluding carboxylic acids is 1. The SMILES string of the molecule is CC(=O)N1CCN(c2c(N)cnc3ccccc23)CC1. The fourth-order valence-corrected chi connectivity index (χ4v) is 2.74. The van der Waals surface area contributed by atoms with Gasteiger partial charge in [0.1, 0.15) is 0 Å². The van der Waals surface area contributed by atoms with E-state index in [2.05, 4.69) is 9.88 Å². The normalized spacial score (nSPS) is 15.7. The van der Waals surface area contributed by atoms with Crippen molar-refractivity contribution >= 4 is 28.2 Å². The van der Waals surface area contributed by atoms with E-state index in [1.807, 2.05) is 29.2 Å². The van der Waals surface area contributed by atoms with Crippen LogP contribution in [0.1, 0.15) is 6.92 Å². The molecule has 2 heterocycles. The summed E-state index contributed by atoms with van der Waals surface area (Å²) >= 11 is 0. The zero-order valence-corrected chi connectivity index (χ0v) is 11.5. The zero-order chi connectivity index (χ0) is 14.1. The maximum atomic E-state index is 11.4. The Kier molecular flexibility index (Phi) is 3.18. The van der Waals surface area contributed by atoms with Gasteiger partial charge >= 0.3 is 0 Å². The van der Waals surface area contributed by atoms with Crippen molar-refractivity contribution in [2.45, 2.75) is 6.92 Å². The standard InChI is InChI=1S/C15H18N4O/c1-11(20)18-6-8-19(9-7-18)15-12-4-2-3-5-14(12)17-10-13(15)16/h2-5,10H,6-9,16H2,1H3. The summed E-state index contributed by atoms with van der Waals surface area (Å²) in [6, 6.07) is 8.01. The second-order valence-corrected chi connectivity index (χ2v) is 5.07. The Balaban J connectivity index is 1.95. The Bertz CT molecular complexity index is 647. The highest BCUT2D eigenvalue weighted by Crippen LogP contribution is 2.31. The molecule has 0 bridgehead atoms. The van der Waals surface area contributed by atoms with E-state index >= 15 is 0 Å². The van der Waals surface area contributed by atoms with Crippen molar-refractivity contribution < 1.29 is 4.79 Å². The summed E-state index contributed by atoms with van der Waals surface area (Å²) in [4.78, 5) is 19.9. The van der Waals surface area contributed by atoms with Crippen LogP contribution >= 0.6 is 0 Å². The molecule has 0 spiro atoms. The molecule has 1 aromatic carbocycles. The second-order valence-electron chi connectivity index (χ2n) is 5.07. The maximum Gasteiger partial charge on any atom is 0.219 e. The second kappa shape index (κ2) is 5.00. The first-order chi connectivity index (χ1) is 9.66. The lowest BCUT2D eigenvalue weighted by atomic mass is 10.1. The van der Waals surface area contributed by atoms with E-state index in [0.29, 0.717) is 5.69 Å². The molecule has 1 aliphatic rings. The first-order valence-corrected chi connectivity index (χ1v) is 6.80. The van der Waals surface area contributed by atoms with E-state index in [1.165, 1.54) is 0 Å². The molecular formula is C15H18N4O. The Labute approximate surface area is 118 Å². The first-order valence-electron chi connectivity index (χ1n) is 6.80. The molecule has 2 aromatic rings. The summed E-state index contributed by atoms with van der Waals surface area (Å²) in [5, 5.41) is 1.07. The molecule has 0 unspecified atom stereocenters. The summed E-state index contributed by atoms with van der Waals surface area (Å²) in [5.41, 5.74) is 8.81. The number of pyridine rings is 1. The number of benzene rings is 1. The van der Waals surface area contributed by atoms with Gasteiger partial charge in [-0.3, -0.25) is 9.78 Å². The van der Waals surface area contributed by atoms with Gasteiger partial charge in [0.15, 0.2) is 0 Å². The van der Waals surface area contributed by atoms with Gasteiger partial charge in [0.25, 0.3) is 0 Å². The number of para-hydroxylation sites is 1. The number of nitrogens with two attached hydrogens (primary N) is 1. The molecule has 1 aliphatic heterocycles. The predicted molar refractivity (Wildman–Crippen MR) is 80.6 cm³/mol. The number of piperazine rings is 1. The molecule has 3 rings (SSSR count). The summed E-state index contributed by atoms with van der Waals surface area (Å²) in [5.74, 6) is 0.136. The van der Waals surface area contributed by atoms with Crippen LogP contribution in [0.4, 0.5) is 11.4 Å². The van der Waals surface area contributed by atoms with Gasteiger partial charge in [0.05, 0.1) is 23.1 Å². The number of amides is 1. The highest BCUT2D eigenvalue weighted by atomic mass is 16.2. The molecule has 5 nitrogen and oxygen atoms in total. The molecule has 1 aromatic heterocycles. The fourth-order valence-electron chi connectivity index (χ4n) is 2.74. The van der Waals surface area contributed by atoms with Crippen molar-refractivity contribution in [3.8, 4) is 0 Å². The molecule has 5 heteroatoms. The molecule has 0 saturated carbocycles. The van der Waals surface area contributed by atoms with E-state index in [1.54, 1.807) is 13.1 Å². The van der Waals surface area contributed by atoms with Gasteiger partial charge in [-0.05, 0) is 6.07 Å². The summed E-state index contributed by atoms with van der Waals surface area (Å²) in [6.45, 7) is 4.71. The maximum absolute atomic E-state index is 11.4. The van der Waals surface area contributed by atoms with Crippen molar-refractivity contribution in [2.75, 3.05) is 36.8 Å². The van der Waals surface area contributed by atoms with Crippen LogP contribution in [0.3, 0.4) is 0 Å². The van der Waals surface area contributed by atoms with Crippen LogP contribution in [0, 0.1) is 0 Å². The molecule has 0 atom stereocenters. The van der Waals surface area contributed by atoms with Gasteiger partial charge in [0, 0.05) is 38.5 Å². The lowest BCUT2D eigenvalue weighted by Gasteiger charge is -2.36. The van der Waals surface area contributed by atoms with Gasteiger partial charge in [-0.15, -0.1) is 0 Å². The molecule has 0 aliphatic carbocycles. The largest absolute Gasteiger partial charge is 0.396 e. The lowest BCUT2D eigenvalue weighted by Crippen LogP contribution is -2.48. The van der Waals surface area contributed by atoms with Gasteiger partial charge in [-0.2, -0.15) is 0 Å². The fraction of sp³-hybridized carbons (Fsp3) is 0.333. The van der Waals surface area contributed by atoms with Crippen molar-refractivity contribution in [3.05, 3.63) is 30.5 Å². The topological polar surface area (TPSA) is 62.5 Å². The molecule has 20 heavy (non-hydrogen) atoms.